The molecule has 4 aliphatic rings. The van der Waals surface area contributed by atoms with Crippen molar-refractivity contribution in [2.75, 3.05) is 7.11 Å². The maximum absolute atomic E-state index is 5.13. The topological polar surface area (TPSA) is 21.6 Å². The van der Waals surface area contributed by atoms with Crippen molar-refractivity contribution >= 4 is 5.71 Å². The summed E-state index contributed by atoms with van der Waals surface area (Å²) in [5.74, 6) is 6.57. The smallest absolute Gasteiger partial charge is 0.106 e. The highest BCUT2D eigenvalue weighted by atomic mass is 16.6. The van der Waals surface area contributed by atoms with Crippen molar-refractivity contribution in [1.82, 2.24) is 0 Å². The predicted octanol–water partition coefficient (Wildman–Crippen LogP) is 8.11. The number of hydrogen-bond donors (Lipinski definition) is 0. The average Bonchev–Trinajstić information content (AvgIpc) is 3.05. The summed E-state index contributed by atoms with van der Waals surface area (Å²) in [6, 6.07) is 0. The molecule has 0 spiro atoms. The molecule has 0 bridgehead atoms. The zero-order chi connectivity index (χ0) is 21.5. The van der Waals surface area contributed by atoms with E-state index < -0.39 is 0 Å². The molecule has 0 aromatic carbocycles. The molecule has 0 N–H and O–H groups in total. The summed E-state index contributed by atoms with van der Waals surface area (Å²) in [6.45, 7) is 12.8. The highest BCUT2D eigenvalue weighted by Crippen LogP contribution is 2.68. The van der Waals surface area contributed by atoms with Crippen molar-refractivity contribution < 1.29 is 4.84 Å². The molecule has 0 aromatic heterocycles. The molecule has 4 saturated carbocycles. The third-order valence-electron chi connectivity index (χ3n) is 10.9. The van der Waals surface area contributed by atoms with Gasteiger partial charge in [0.1, 0.15) is 7.11 Å². The van der Waals surface area contributed by atoms with Crippen LogP contribution in [0.4, 0.5) is 0 Å². The van der Waals surface area contributed by atoms with Crippen molar-refractivity contribution in [3.05, 3.63) is 0 Å². The number of hydrogen-bond acceptors (Lipinski definition) is 2. The van der Waals surface area contributed by atoms with Gasteiger partial charge in [0.15, 0.2) is 0 Å². The molecule has 1 unspecified atom stereocenters. The summed E-state index contributed by atoms with van der Waals surface area (Å²) < 4.78 is 0. The van der Waals surface area contributed by atoms with Crippen LogP contribution in [0.25, 0.3) is 0 Å². The fraction of sp³-hybridized carbons (Fsp3) is 0.964. The Morgan fingerprint density at radius 1 is 0.933 bits per heavy atom. The first kappa shape index (κ1) is 22.7. The summed E-state index contributed by atoms with van der Waals surface area (Å²) in [7, 11) is 1.71. The van der Waals surface area contributed by atoms with Gasteiger partial charge >= 0.3 is 0 Å². The Bertz CT molecular complexity index is 626. The van der Waals surface area contributed by atoms with E-state index in [0.717, 1.165) is 41.4 Å². The minimum absolute atomic E-state index is 0.554. The van der Waals surface area contributed by atoms with Crippen LogP contribution >= 0.6 is 0 Å². The van der Waals surface area contributed by atoms with Crippen LogP contribution in [0.1, 0.15) is 112 Å². The molecule has 4 aliphatic carbocycles. The third kappa shape index (κ3) is 3.88. The summed E-state index contributed by atoms with van der Waals surface area (Å²) in [4.78, 5) is 5.13. The van der Waals surface area contributed by atoms with Crippen LogP contribution in [-0.2, 0) is 4.84 Å². The van der Waals surface area contributed by atoms with Gasteiger partial charge in [0, 0.05) is 0 Å². The zero-order valence-corrected chi connectivity index (χ0v) is 20.9. The van der Waals surface area contributed by atoms with Gasteiger partial charge in [-0.15, -0.1) is 0 Å². The van der Waals surface area contributed by atoms with Gasteiger partial charge in [-0.3, -0.25) is 0 Å². The first-order valence-electron chi connectivity index (χ1n) is 13.4. The maximum Gasteiger partial charge on any atom is 0.106 e. The van der Waals surface area contributed by atoms with Crippen molar-refractivity contribution in [1.29, 1.82) is 0 Å². The number of rotatable bonds is 6. The first-order valence-corrected chi connectivity index (χ1v) is 13.4. The van der Waals surface area contributed by atoms with E-state index in [1.807, 2.05) is 0 Å². The lowest BCUT2D eigenvalue weighted by atomic mass is 9.44. The molecule has 8 atom stereocenters. The van der Waals surface area contributed by atoms with Gasteiger partial charge in [-0.25, -0.2) is 0 Å². The molecule has 0 radical (unpaired) electrons. The van der Waals surface area contributed by atoms with E-state index in [0.29, 0.717) is 10.8 Å². The van der Waals surface area contributed by atoms with Gasteiger partial charge in [-0.2, -0.15) is 0 Å². The third-order valence-corrected chi connectivity index (χ3v) is 10.9. The molecule has 0 aromatic rings. The van der Waals surface area contributed by atoms with E-state index in [-0.39, 0.29) is 0 Å². The SMILES string of the molecule is CON=C1CC[C@@]2(C)[C@@H](CC[C@@H]3[C@@H]2CC[C@]2(C)C([C@H](C)CCCC(C)C)CC[C@@H]32)C1. The van der Waals surface area contributed by atoms with E-state index in [9.17, 15) is 0 Å². The molecular formula is C28H49NO. The quantitative estimate of drug-likeness (QED) is 0.401. The van der Waals surface area contributed by atoms with Crippen molar-refractivity contribution in [3.8, 4) is 0 Å². The molecular weight excluding hydrogens is 366 g/mol. The van der Waals surface area contributed by atoms with Crippen LogP contribution in [0.15, 0.2) is 5.16 Å². The Morgan fingerprint density at radius 2 is 1.70 bits per heavy atom. The molecule has 172 valence electrons. The second kappa shape index (κ2) is 8.78. The number of nitrogens with zero attached hydrogens (tertiary/aromatic N) is 1. The van der Waals surface area contributed by atoms with E-state index in [1.165, 1.54) is 82.8 Å². The average molecular weight is 416 g/mol. The molecule has 0 amide bonds. The van der Waals surface area contributed by atoms with Gasteiger partial charge in [0.05, 0.1) is 5.71 Å². The monoisotopic (exact) mass is 415 g/mol. The van der Waals surface area contributed by atoms with Crippen molar-refractivity contribution in [2.24, 2.45) is 57.4 Å². The summed E-state index contributed by atoms with van der Waals surface area (Å²) in [5.41, 5.74) is 2.51. The van der Waals surface area contributed by atoms with Gasteiger partial charge < -0.3 is 4.84 Å². The van der Waals surface area contributed by atoms with Crippen molar-refractivity contribution in [3.63, 3.8) is 0 Å². The van der Waals surface area contributed by atoms with Crippen molar-refractivity contribution in [2.45, 2.75) is 112 Å². The highest BCUT2D eigenvalue weighted by molar-refractivity contribution is 5.85. The molecule has 2 heteroatoms. The summed E-state index contributed by atoms with van der Waals surface area (Å²) in [5, 5.41) is 4.36. The minimum atomic E-state index is 0.554. The standard InChI is InChI=1S/C28H49NO/c1-19(2)8-7-9-20(3)24-12-13-25-23-11-10-21-18-22(29-30-6)14-16-27(21,4)26(23)15-17-28(24,25)5/h19-21,23-26H,7-18H2,1-6H3/t20-,21+,23+,24?,25+,26+,27+,28-/m1/s1. The predicted molar refractivity (Wildman–Crippen MR) is 128 cm³/mol. The lowest BCUT2D eigenvalue weighted by Crippen LogP contribution is -2.53. The Balaban J connectivity index is 1.45. The van der Waals surface area contributed by atoms with Gasteiger partial charge in [-0.1, -0.05) is 59.0 Å². The van der Waals surface area contributed by atoms with Crippen LogP contribution in [0, 0.1) is 52.3 Å². The Hall–Kier alpha value is -0.530. The van der Waals surface area contributed by atoms with E-state index >= 15 is 0 Å². The molecule has 0 aliphatic heterocycles. The molecule has 0 heterocycles. The number of oxime groups is 1. The highest BCUT2D eigenvalue weighted by Gasteiger charge is 2.60. The van der Waals surface area contributed by atoms with Crippen LogP contribution < -0.4 is 0 Å². The first-order chi connectivity index (χ1) is 14.3. The van der Waals surface area contributed by atoms with Gasteiger partial charge in [0.25, 0.3) is 0 Å². The number of fused-ring (bicyclic) bond motifs is 5. The van der Waals surface area contributed by atoms with E-state index in [1.54, 1.807) is 7.11 Å². The Kier molecular flexibility index (Phi) is 6.63. The van der Waals surface area contributed by atoms with Crippen LogP contribution in [0.2, 0.25) is 0 Å². The lowest BCUT2D eigenvalue weighted by Gasteiger charge is -2.60. The van der Waals surface area contributed by atoms with Gasteiger partial charge in [-0.05, 0) is 110 Å². The second-order valence-corrected chi connectivity index (χ2v) is 12.7. The molecule has 2 nitrogen and oxygen atoms in total. The van der Waals surface area contributed by atoms with Crippen LogP contribution in [0.5, 0.6) is 0 Å². The van der Waals surface area contributed by atoms with Gasteiger partial charge in [0.2, 0.25) is 0 Å². The Morgan fingerprint density at radius 3 is 2.43 bits per heavy atom. The normalized spacial score (nSPS) is 45.7. The Labute approximate surface area is 187 Å². The summed E-state index contributed by atoms with van der Waals surface area (Å²) in [6.07, 6.45) is 17.0. The zero-order valence-electron chi connectivity index (χ0n) is 20.9. The van der Waals surface area contributed by atoms with E-state index in [2.05, 4.69) is 39.8 Å². The van der Waals surface area contributed by atoms with E-state index in [4.69, 9.17) is 4.84 Å². The molecule has 30 heavy (non-hydrogen) atoms. The second-order valence-electron chi connectivity index (χ2n) is 12.7. The molecule has 4 rings (SSSR count). The largest absolute Gasteiger partial charge is 0.399 e. The lowest BCUT2D eigenvalue weighted by molar-refractivity contribution is -0.105. The maximum atomic E-state index is 5.13. The summed E-state index contributed by atoms with van der Waals surface area (Å²) >= 11 is 0. The molecule has 4 fully saturated rings. The van der Waals surface area contributed by atoms with Crippen LogP contribution in [-0.4, -0.2) is 12.8 Å². The minimum Gasteiger partial charge on any atom is -0.399 e. The molecule has 0 saturated heterocycles. The van der Waals surface area contributed by atoms with Crippen LogP contribution in [0.3, 0.4) is 0 Å². The fourth-order valence-electron chi connectivity index (χ4n) is 9.30. The fourth-order valence-corrected chi connectivity index (χ4v) is 9.30.